The highest BCUT2D eigenvalue weighted by Gasteiger charge is 2.17. The first kappa shape index (κ1) is 14.6. The van der Waals surface area contributed by atoms with Crippen molar-refractivity contribution in [2.24, 2.45) is 0 Å². The van der Waals surface area contributed by atoms with Crippen LogP contribution in [0.25, 0.3) is 0 Å². The van der Waals surface area contributed by atoms with E-state index < -0.39 is 0 Å². The molecular formula is C14H10Br3Cl. The van der Waals surface area contributed by atoms with Crippen LogP contribution in [0.1, 0.15) is 22.1 Å². The van der Waals surface area contributed by atoms with Crippen LogP contribution in [0, 0.1) is 6.92 Å². The third-order valence-corrected chi connectivity index (χ3v) is 5.36. The number of hydrogen-bond acceptors (Lipinski definition) is 0. The van der Waals surface area contributed by atoms with Crippen molar-refractivity contribution in [3.8, 4) is 0 Å². The highest BCUT2D eigenvalue weighted by Crippen LogP contribution is 2.38. The predicted octanol–water partition coefficient (Wildman–Crippen LogP) is 6.61. The van der Waals surface area contributed by atoms with E-state index in [-0.39, 0.29) is 5.38 Å². The summed E-state index contributed by atoms with van der Waals surface area (Å²) in [5, 5.41) is -0.172. The zero-order valence-corrected chi connectivity index (χ0v) is 15.1. The maximum Gasteiger partial charge on any atom is 0.0849 e. The molecule has 0 aliphatic rings. The Morgan fingerprint density at radius 3 is 2.39 bits per heavy atom. The fourth-order valence-electron chi connectivity index (χ4n) is 1.78. The average Bonchev–Trinajstić information content (AvgIpc) is 2.35. The maximum atomic E-state index is 6.61. The van der Waals surface area contributed by atoms with Crippen molar-refractivity contribution in [1.82, 2.24) is 0 Å². The first-order valence-electron chi connectivity index (χ1n) is 5.34. The monoisotopic (exact) mass is 450 g/mol. The Balaban J connectivity index is 2.51. The van der Waals surface area contributed by atoms with Crippen molar-refractivity contribution in [2.45, 2.75) is 12.3 Å². The molecule has 1 atom stereocenters. The van der Waals surface area contributed by atoms with Gasteiger partial charge in [0.2, 0.25) is 0 Å². The topological polar surface area (TPSA) is 0 Å². The predicted molar refractivity (Wildman–Crippen MR) is 88.4 cm³/mol. The van der Waals surface area contributed by atoms with E-state index in [1.54, 1.807) is 0 Å². The Labute approximate surface area is 137 Å². The van der Waals surface area contributed by atoms with Gasteiger partial charge >= 0.3 is 0 Å². The second kappa shape index (κ2) is 6.08. The normalized spacial score (nSPS) is 12.5. The summed E-state index contributed by atoms with van der Waals surface area (Å²) in [4.78, 5) is 0. The van der Waals surface area contributed by atoms with Crippen LogP contribution in [0.5, 0.6) is 0 Å². The maximum absolute atomic E-state index is 6.61. The Hall–Kier alpha value is 0.170. The van der Waals surface area contributed by atoms with Crippen LogP contribution in [0.3, 0.4) is 0 Å². The first-order valence-corrected chi connectivity index (χ1v) is 8.16. The zero-order chi connectivity index (χ0) is 13.3. The van der Waals surface area contributed by atoms with Gasteiger partial charge in [0, 0.05) is 13.4 Å². The van der Waals surface area contributed by atoms with Crippen molar-refractivity contribution in [3.63, 3.8) is 0 Å². The number of alkyl halides is 1. The van der Waals surface area contributed by atoms with E-state index in [1.165, 1.54) is 5.56 Å². The summed E-state index contributed by atoms with van der Waals surface area (Å²) in [6.07, 6.45) is 0. The molecule has 0 aromatic heterocycles. The molecule has 0 heterocycles. The molecule has 0 bridgehead atoms. The van der Waals surface area contributed by atoms with Gasteiger partial charge in [-0.25, -0.2) is 0 Å². The molecule has 0 N–H and O–H groups in total. The molecule has 18 heavy (non-hydrogen) atoms. The molecule has 0 saturated heterocycles. The molecule has 0 nitrogen and oxygen atoms in total. The molecule has 1 unspecified atom stereocenters. The van der Waals surface area contributed by atoms with Gasteiger partial charge in [0.25, 0.3) is 0 Å². The van der Waals surface area contributed by atoms with Crippen LogP contribution in [-0.2, 0) is 0 Å². The third kappa shape index (κ3) is 3.01. The molecule has 0 amide bonds. The van der Waals surface area contributed by atoms with Gasteiger partial charge in [-0.3, -0.25) is 0 Å². The van der Waals surface area contributed by atoms with E-state index in [2.05, 4.69) is 60.8 Å². The minimum absolute atomic E-state index is 0.172. The molecule has 4 heteroatoms. The first-order chi connectivity index (χ1) is 8.50. The van der Waals surface area contributed by atoms with Crippen molar-refractivity contribution >= 4 is 59.4 Å². The lowest BCUT2D eigenvalue weighted by molar-refractivity contribution is 1.09. The van der Waals surface area contributed by atoms with E-state index in [9.17, 15) is 0 Å². The van der Waals surface area contributed by atoms with Gasteiger partial charge in [-0.05, 0) is 47.9 Å². The molecule has 0 radical (unpaired) electrons. The zero-order valence-electron chi connectivity index (χ0n) is 9.55. The summed E-state index contributed by atoms with van der Waals surface area (Å²) in [7, 11) is 0. The standard InChI is InChI=1S/C14H10Br3Cl/c1-8-10(3-2-4-12(8)16)14(18)11-7-9(15)5-6-13(11)17/h2-7,14H,1H3. The van der Waals surface area contributed by atoms with E-state index >= 15 is 0 Å². The van der Waals surface area contributed by atoms with Crippen molar-refractivity contribution in [3.05, 3.63) is 66.5 Å². The summed E-state index contributed by atoms with van der Waals surface area (Å²) in [5.74, 6) is 0. The number of rotatable bonds is 2. The summed E-state index contributed by atoms with van der Waals surface area (Å²) < 4.78 is 3.13. The summed E-state index contributed by atoms with van der Waals surface area (Å²) in [6, 6.07) is 12.1. The van der Waals surface area contributed by atoms with Gasteiger partial charge < -0.3 is 0 Å². The van der Waals surface area contributed by atoms with Crippen LogP contribution < -0.4 is 0 Å². The van der Waals surface area contributed by atoms with Crippen molar-refractivity contribution < 1.29 is 0 Å². The quantitative estimate of drug-likeness (QED) is 0.449. The SMILES string of the molecule is Cc1c(Br)cccc1C(Cl)c1cc(Br)ccc1Br. The molecule has 0 aliphatic carbocycles. The molecular weight excluding hydrogens is 443 g/mol. The number of halogens is 4. The Morgan fingerprint density at radius 1 is 0.944 bits per heavy atom. The molecule has 2 rings (SSSR count). The highest BCUT2D eigenvalue weighted by atomic mass is 79.9. The summed E-state index contributed by atoms with van der Waals surface area (Å²) >= 11 is 17.2. The lowest BCUT2D eigenvalue weighted by Gasteiger charge is -2.16. The smallest absolute Gasteiger partial charge is 0.0849 e. The molecule has 94 valence electrons. The Morgan fingerprint density at radius 2 is 1.67 bits per heavy atom. The van der Waals surface area contributed by atoms with Crippen LogP contribution in [-0.4, -0.2) is 0 Å². The van der Waals surface area contributed by atoms with Crippen LogP contribution in [0.4, 0.5) is 0 Å². The van der Waals surface area contributed by atoms with Gasteiger partial charge in [-0.15, -0.1) is 11.6 Å². The lowest BCUT2D eigenvalue weighted by Crippen LogP contribution is -1.98. The molecule has 0 spiro atoms. The van der Waals surface area contributed by atoms with E-state index in [0.717, 1.165) is 24.5 Å². The Kier molecular flexibility index (Phi) is 4.92. The highest BCUT2D eigenvalue weighted by molar-refractivity contribution is 9.11. The second-order valence-electron chi connectivity index (χ2n) is 3.98. The number of benzene rings is 2. The average molecular weight is 453 g/mol. The molecule has 2 aromatic rings. The van der Waals surface area contributed by atoms with Crippen molar-refractivity contribution in [2.75, 3.05) is 0 Å². The lowest BCUT2D eigenvalue weighted by atomic mass is 10.0. The van der Waals surface area contributed by atoms with E-state index in [4.69, 9.17) is 11.6 Å². The van der Waals surface area contributed by atoms with E-state index in [1.807, 2.05) is 30.3 Å². The molecule has 2 aromatic carbocycles. The third-order valence-electron chi connectivity index (χ3n) is 2.81. The molecule has 0 aliphatic heterocycles. The van der Waals surface area contributed by atoms with Crippen LogP contribution in [0.2, 0.25) is 0 Å². The summed E-state index contributed by atoms with van der Waals surface area (Å²) in [6.45, 7) is 2.07. The molecule has 0 fully saturated rings. The van der Waals surface area contributed by atoms with Crippen LogP contribution >= 0.6 is 59.4 Å². The summed E-state index contributed by atoms with van der Waals surface area (Å²) in [5.41, 5.74) is 3.35. The van der Waals surface area contributed by atoms with Gasteiger partial charge in [0.1, 0.15) is 0 Å². The van der Waals surface area contributed by atoms with Gasteiger partial charge in [0.15, 0.2) is 0 Å². The van der Waals surface area contributed by atoms with Gasteiger partial charge in [0.05, 0.1) is 5.38 Å². The fraction of sp³-hybridized carbons (Fsp3) is 0.143. The van der Waals surface area contributed by atoms with E-state index in [0.29, 0.717) is 0 Å². The Bertz CT molecular complexity index is 579. The van der Waals surface area contributed by atoms with Crippen molar-refractivity contribution in [1.29, 1.82) is 0 Å². The molecule has 0 saturated carbocycles. The van der Waals surface area contributed by atoms with Crippen LogP contribution in [0.15, 0.2) is 49.8 Å². The van der Waals surface area contributed by atoms with Gasteiger partial charge in [-0.1, -0.05) is 59.9 Å². The van der Waals surface area contributed by atoms with Gasteiger partial charge in [-0.2, -0.15) is 0 Å². The largest absolute Gasteiger partial charge is 0.113 e. The fourth-order valence-corrected chi connectivity index (χ4v) is 3.56. The minimum Gasteiger partial charge on any atom is -0.113 e. The second-order valence-corrected chi connectivity index (χ2v) is 7.04. The number of hydrogen-bond donors (Lipinski definition) is 0. The minimum atomic E-state index is -0.172.